The van der Waals surface area contributed by atoms with E-state index >= 15 is 0 Å². The molecule has 8 heteroatoms. The van der Waals surface area contributed by atoms with E-state index in [0.29, 0.717) is 19.3 Å². The van der Waals surface area contributed by atoms with Crippen LogP contribution in [0.1, 0.15) is 72.1 Å². The minimum atomic E-state index is -4.83. The maximum absolute atomic E-state index is 13.1. The van der Waals surface area contributed by atoms with E-state index in [0.717, 1.165) is 33.3 Å². The number of Topliss-reactive ketones (excluding diaryl/α,β-unsaturated/α-hetero) is 1. The zero-order chi connectivity index (χ0) is 21.1. The number of hydrogen-bond acceptors (Lipinski definition) is 2. The number of hydrogen-bond donors (Lipinski definition) is 0. The third-order valence-corrected chi connectivity index (χ3v) is 5.58. The largest absolute Gasteiger partial charge is 0.500 e. The highest BCUT2D eigenvalue weighted by Gasteiger charge is 2.51. The van der Waals surface area contributed by atoms with Gasteiger partial charge in [0.1, 0.15) is 5.76 Å². The number of methoxy groups -OCH3 is 1. The van der Waals surface area contributed by atoms with E-state index in [4.69, 9.17) is 4.74 Å². The second-order valence-electron chi connectivity index (χ2n) is 7.83. The Kier molecular flexibility index (Phi) is 7.44. The van der Waals surface area contributed by atoms with E-state index in [9.17, 15) is 31.1 Å². The second kappa shape index (κ2) is 8.43. The minimum absolute atomic E-state index is 0.128. The summed E-state index contributed by atoms with van der Waals surface area (Å²) in [6.45, 7) is 3.98. The van der Waals surface area contributed by atoms with Crippen LogP contribution in [0.5, 0.6) is 0 Å². The van der Waals surface area contributed by atoms with Crippen LogP contribution in [0.15, 0.2) is 11.3 Å². The lowest BCUT2D eigenvalue weighted by molar-refractivity contribution is -0.191. The molecule has 0 aromatic carbocycles. The Morgan fingerprint density at radius 3 is 1.74 bits per heavy atom. The highest BCUT2D eigenvalue weighted by Crippen LogP contribution is 2.49. The van der Waals surface area contributed by atoms with Crippen molar-refractivity contribution in [3.05, 3.63) is 11.3 Å². The van der Waals surface area contributed by atoms with Crippen LogP contribution in [0.4, 0.5) is 26.3 Å². The lowest BCUT2D eigenvalue weighted by Gasteiger charge is -2.38. The Morgan fingerprint density at radius 1 is 0.963 bits per heavy atom. The molecule has 1 aliphatic carbocycles. The first-order valence-electron chi connectivity index (χ1n) is 9.13. The van der Waals surface area contributed by atoms with Gasteiger partial charge in [-0.3, -0.25) is 4.79 Å². The molecule has 0 bridgehead atoms. The van der Waals surface area contributed by atoms with Crippen molar-refractivity contribution in [2.24, 2.45) is 10.8 Å². The van der Waals surface area contributed by atoms with E-state index in [2.05, 4.69) is 0 Å². The van der Waals surface area contributed by atoms with Gasteiger partial charge in [-0.05, 0) is 26.2 Å². The number of carbonyl (C=O) groups is 1. The molecule has 0 amide bonds. The molecule has 0 spiro atoms. The summed E-state index contributed by atoms with van der Waals surface area (Å²) in [6, 6.07) is 0. The van der Waals surface area contributed by atoms with Crippen LogP contribution < -0.4 is 0 Å². The van der Waals surface area contributed by atoms with E-state index in [1.807, 2.05) is 6.92 Å². The van der Waals surface area contributed by atoms with E-state index in [1.165, 1.54) is 6.92 Å². The molecule has 0 aliphatic heterocycles. The number of carbonyl (C=O) groups excluding carboxylic acids is 1. The van der Waals surface area contributed by atoms with Crippen molar-refractivity contribution in [3.8, 4) is 0 Å². The van der Waals surface area contributed by atoms with E-state index in [-0.39, 0.29) is 5.57 Å². The summed E-state index contributed by atoms with van der Waals surface area (Å²) in [5.41, 5.74) is -3.25. The quantitative estimate of drug-likeness (QED) is 0.268. The second-order valence-corrected chi connectivity index (χ2v) is 7.83. The average molecular weight is 402 g/mol. The summed E-state index contributed by atoms with van der Waals surface area (Å²) in [5.74, 6) is -0.905. The van der Waals surface area contributed by atoms with E-state index in [1.54, 1.807) is 0 Å². The lowest BCUT2D eigenvalue weighted by Crippen LogP contribution is -2.38. The number of alkyl halides is 6. The van der Waals surface area contributed by atoms with Gasteiger partial charge in [-0.2, -0.15) is 26.3 Å². The number of rotatable bonds is 7. The first-order valence-corrected chi connectivity index (χ1v) is 9.13. The molecule has 0 radical (unpaired) electrons. The molecule has 2 nitrogen and oxygen atoms in total. The molecule has 0 unspecified atom stereocenters. The predicted octanol–water partition coefficient (Wildman–Crippen LogP) is 6.75. The number of ether oxygens (including phenoxy) is 1. The van der Waals surface area contributed by atoms with Crippen molar-refractivity contribution in [2.75, 3.05) is 7.11 Å². The van der Waals surface area contributed by atoms with Crippen molar-refractivity contribution in [2.45, 2.75) is 84.5 Å². The highest BCUT2D eigenvalue weighted by molar-refractivity contribution is 6.00. The molecule has 1 saturated carbocycles. The number of allylic oxidation sites excluding steroid dienone is 2. The summed E-state index contributed by atoms with van der Waals surface area (Å²) < 4.78 is 83.3. The number of halogens is 6. The third-order valence-electron chi connectivity index (χ3n) is 5.58. The van der Waals surface area contributed by atoms with Gasteiger partial charge in [0.05, 0.1) is 20.0 Å². The SMILES string of the molecule is CCC1(C(=O)/C(C)=C(\OC)C(C)(CC(F)(F)F)CC(F)(F)F)CCCCC1. The van der Waals surface area contributed by atoms with Gasteiger partial charge >= 0.3 is 12.4 Å². The van der Waals surface area contributed by atoms with Crippen LogP contribution in [0.25, 0.3) is 0 Å². The van der Waals surface area contributed by atoms with E-state index < -0.39 is 47.6 Å². The Bertz CT molecular complexity index is 538. The zero-order valence-corrected chi connectivity index (χ0v) is 16.2. The minimum Gasteiger partial charge on any atom is -0.500 e. The molecule has 27 heavy (non-hydrogen) atoms. The van der Waals surface area contributed by atoms with Crippen molar-refractivity contribution in [1.29, 1.82) is 0 Å². The fourth-order valence-corrected chi connectivity index (χ4v) is 4.43. The topological polar surface area (TPSA) is 26.3 Å². The van der Waals surface area contributed by atoms with Gasteiger partial charge in [0, 0.05) is 16.4 Å². The fraction of sp³-hybridized carbons (Fsp3) is 0.842. The van der Waals surface area contributed by atoms with Gasteiger partial charge in [0.15, 0.2) is 5.78 Å². The normalized spacial score (nSPS) is 19.5. The Balaban J connectivity index is 3.43. The van der Waals surface area contributed by atoms with Crippen LogP contribution in [0, 0.1) is 10.8 Å². The molecular weight excluding hydrogens is 374 g/mol. The molecule has 158 valence electrons. The zero-order valence-electron chi connectivity index (χ0n) is 16.2. The Morgan fingerprint density at radius 2 is 1.41 bits per heavy atom. The summed E-state index contributed by atoms with van der Waals surface area (Å²) in [7, 11) is 1.02. The molecule has 0 heterocycles. The van der Waals surface area contributed by atoms with Crippen LogP contribution in [-0.2, 0) is 9.53 Å². The van der Waals surface area contributed by atoms with Crippen molar-refractivity contribution >= 4 is 5.78 Å². The first kappa shape index (κ1) is 23.8. The molecule has 0 aromatic rings. The first-order chi connectivity index (χ1) is 12.2. The molecule has 0 aromatic heterocycles. The monoisotopic (exact) mass is 402 g/mol. The van der Waals surface area contributed by atoms with Gasteiger partial charge in [-0.15, -0.1) is 0 Å². The smallest absolute Gasteiger partial charge is 0.390 e. The molecular formula is C19H28F6O2. The molecule has 1 aliphatic rings. The number of ketones is 1. The molecule has 1 fully saturated rings. The molecule has 0 N–H and O–H groups in total. The standard InChI is InChI=1S/C19H28F6O2/c1-5-17(9-7-6-8-10-17)14(26)13(2)15(27-4)16(3,11-18(20,21)22)12-19(23,24)25/h5-12H2,1-4H3/b15-13-. The van der Waals surface area contributed by atoms with Crippen molar-refractivity contribution in [1.82, 2.24) is 0 Å². The molecule has 0 saturated heterocycles. The predicted molar refractivity (Wildman–Crippen MR) is 90.0 cm³/mol. The summed E-state index contributed by atoms with van der Waals surface area (Å²) in [6.07, 6.45) is -8.82. The van der Waals surface area contributed by atoms with Gasteiger partial charge in [-0.25, -0.2) is 0 Å². The van der Waals surface area contributed by atoms with Crippen LogP contribution in [-0.4, -0.2) is 25.2 Å². The third kappa shape index (κ3) is 6.14. The van der Waals surface area contributed by atoms with Gasteiger partial charge < -0.3 is 4.74 Å². The van der Waals surface area contributed by atoms with Crippen LogP contribution >= 0.6 is 0 Å². The summed E-state index contributed by atoms with van der Waals surface area (Å²) in [5, 5.41) is 0. The van der Waals surface area contributed by atoms with Crippen LogP contribution in [0.3, 0.4) is 0 Å². The van der Waals surface area contributed by atoms with Gasteiger partial charge in [-0.1, -0.05) is 33.1 Å². The van der Waals surface area contributed by atoms with Gasteiger partial charge in [0.25, 0.3) is 0 Å². The molecule has 0 atom stereocenters. The lowest BCUT2D eigenvalue weighted by atomic mass is 9.66. The Hall–Kier alpha value is -1.21. The average Bonchev–Trinajstić information content (AvgIpc) is 2.51. The van der Waals surface area contributed by atoms with Crippen molar-refractivity contribution in [3.63, 3.8) is 0 Å². The summed E-state index contributed by atoms with van der Waals surface area (Å²) in [4.78, 5) is 13.1. The van der Waals surface area contributed by atoms with Gasteiger partial charge in [0.2, 0.25) is 0 Å². The summed E-state index contributed by atoms with van der Waals surface area (Å²) >= 11 is 0. The maximum atomic E-state index is 13.1. The molecule has 1 rings (SSSR count). The highest BCUT2D eigenvalue weighted by atomic mass is 19.4. The maximum Gasteiger partial charge on any atom is 0.390 e. The Labute approximate surface area is 156 Å². The fourth-order valence-electron chi connectivity index (χ4n) is 4.43. The van der Waals surface area contributed by atoms with Crippen LogP contribution in [0.2, 0.25) is 0 Å². The van der Waals surface area contributed by atoms with Crippen molar-refractivity contribution < 1.29 is 35.9 Å².